The van der Waals surface area contributed by atoms with Crippen molar-refractivity contribution < 1.29 is 9.53 Å². The molecule has 1 aliphatic heterocycles. The van der Waals surface area contributed by atoms with Gasteiger partial charge in [0.1, 0.15) is 5.78 Å². The number of rotatable bonds is 4. The number of hydrogen-bond donors (Lipinski definition) is 0. The Labute approximate surface area is 80.1 Å². The van der Waals surface area contributed by atoms with Crippen LogP contribution in [0.2, 0.25) is 0 Å². The maximum Gasteiger partial charge on any atom is 0.141 e. The van der Waals surface area contributed by atoms with Crippen molar-refractivity contribution in [3.8, 4) is 0 Å². The molecule has 0 aliphatic carbocycles. The molecule has 0 radical (unpaired) electrons. The van der Waals surface area contributed by atoms with Gasteiger partial charge in [-0.1, -0.05) is 6.92 Å². The number of ether oxygens (including phenoxy) is 1. The summed E-state index contributed by atoms with van der Waals surface area (Å²) in [4.78, 5) is 13.6. The van der Waals surface area contributed by atoms with Crippen LogP contribution >= 0.6 is 0 Å². The van der Waals surface area contributed by atoms with Crippen LogP contribution in [-0.2, 0) is 9.53 Å². The third-order valence-corrected chi connectivity index (χ3v) is 2.40. The van der Waals surface area contributed by atoms with Gasteiger partial charge >= 0.3 is 0 Å². The fourth-order valence-electron chi connectivity index (χ4n) is 1.70. The summed E-state index contributed by atoms with van der Waals surface area (Å²) in [7, 11) is 2.06. The minimum Gasteiger partial charge on any atom is -0.380 e. The smallest absolute Gasteiger partial charge is 0.141 e. The highest BCUT2D eigenvalue weighted by Crippen LogP contribution is 2.10. The van der Waals surface area contributed by atoms with Gasteiger partial charge in [-0.3, -0.25) is 4.79 Å². The quantitative estimate of drug-likeness (QED) is 0.652. The van der Waals surface area contributed by atoms with E-state index in [0.717, 1.165) is 19.5 Å². The Balaban J connectivity index is 2.29. The van der Waals surface area contributed by atoms with Crippen LogP contribution in [0.15, 0.2) is 0 Å². The largest absolute Gasteiger partial charge is 0.380 e. The van der Waals surface area contributed by atoms with Crippen LogP contribution in [0.1, 0.15) is 19.8 Å². The summed E-state index contributed by atoms with van der Waals surface area (Å²) in [6.45, 7) is 5.30. The Hall–Kier alpha value is -0.410. The first-order valence-electron chi connectivity index (χ1n) is 5.03. The van der Waals surface area contributed by atoms with E-state index in [-0.39, 0.29) is 5.92 Å². The van der Waals surface area contributed by atoms with Gasteiger partial charge in [-0.2, -0.15) is 0 Å². The second-order valence-electron chi connectivity index (χ2n) is 3.75. The van der Waals surface area contributed by atoms with Gasteiger partial charge in [0.2, 0.25) is 0 Å². The normalized spacial score (nSPS) is 23.9. The highest BCUT2D eigenvalue weighted by atomic mass is 16.5. The third-order valence-electron chi connectivity index (χ3n) is 2.40. The molecule has 1 aliphatic rings. The van der Waals surface area contributed by atoms with Crippen LogP contribution < -0.4 is 0 Å². The molecular weight excluding hydrogens is 166 g/mol. The van der Waals surface area contributed by atoms with Crippen LogP contribution in [0, 0.1) is 5.92 Å². The highest BCUT2D eigenvalue weighted by molar-refractivity contribution is 5.81. The lowest BCUT2D eigenvalue weighted by Crippen LogP contribution is -2.37. The predicted octanol–water partition coefficient (Wildman–Crippen LogP) is 0.934. The molecule has 3 nitrogen and oxygen atoms in total. The standard InChI is InChI=1S/C10H19NO2/c1-3-5-11(2)7-9-8-13-6-4-10(9)12/h9H,3-8H2,1-2H3. The van der Waals surface area contributed by atoms with Crippen molar-refractivity contribution in [1.82, 2.24) is 4.90 Å². The minimum atomic E-state index is 0.116. The molecule has 0 N–H and O–H groups in total. The summed E-state index contributed by atoms with van der Waals surface area (Å²) in [5.41, 5.74) is 0. The monoisotopic (exact) mass is 185 g/mol. The summed E-state index contributed by atoms with van der Waals surface area (Å²) < 4.78 is 5.28. The molecule has 76 valence electrons. The van der Waals surface area contributed by atoms with E-state index in [2.05, 4.69) is 18.9 Å². The molecule has 0 aromatic carbocycles. The Morgan fingerprint density at radius 1 is 1.62 bits per heavy atom. The van der Waals surface area contributed by atoms with Gasteiger partial charge in [-0.25, -0.2) is 0 Å². The van der Waals surface area contributed by atoms with E-state index < -0.39 is 0 Å². The molecule has 1 unspecified atom stereocenters. The molecule has 0 aromatic rings. The van der Waals surface area contributed by atoms with Crippen LogP contribution in [0.25, 0.3) is 0 Å². The van der Waals surface area contributed by atoms with Gasteiger partial charge in [0.15, 0.2) is 0 Å². The average molecular weight is 185 g/mol. The van der Waals surface area contributed by atoms with Crippen molar-refractivity contribution >= 4 is 5.78 Å². The Bertz CT molecular complexity index is 170. The van der Waals surface area contributed by atoms with Gasteiger partial charge in [-0.05, 0) is 20.0 Å². The molecule has 0 aromatic heterocycles. The van der Waals surface area contributed by atoms with Crippen LogP contribution in [0.4, 0.5) is 0 Å². The molecule has 1 atom stereocenters. The van der Waals surface area contributed by atoms with Gasteiger partial charge in [-0.15, -0.1) is 0 Å². The molecule has 3 heteroatoms. The van der Waals surface area contributed by atoms with Gasteiger partial charge < -0.3 is 9.64 Å². The van der Waals surface area contributed by atoms with Crippen molar-refractivity contribution in [3.63, 3.8) is 0 Å². The summed E-state index contributed by atoms with van der Waals surface area (Å²) >= 11 is 0. The molecule has 0 bridgehead atoms. The summed E-state index contributed by atoms with van der Waals surface area (Å²) in [5, 5.41) is 0. The van der Waals surface area contributed by atoms with E-state index in [0.29, 0.717) is 25.4 Å². The van der Waals surface area contributed by atoms with Gasteiger partial charge in [0, 0.05) is 13.0 Å². The van der Waals surface area contributed by atoms with E-state index >= 15 is 0 Å². The lowest BCUT2D eigenvalue weighted by molar-refractivity contribution is -0.131. The first-order chi connectivity index (χ1) is 6.24. The maximum atomic E-state index is 11.4. The second-order valence-corrected chi connectivity index (χ2v) is 3.75. The van der Waals surface area contributed by atoms with Crippen molar-refractivity contribution in [2.24, 2.45) is 5.92 Å². The summed E-state index contributed by atoms with van der Waals surface area (Å²) in [5.74, 6) is 0.486. The zero-order chi connectivity index (χ0) is 9.68. The molecule has 1 saturated heterocycles. The molecule has 13 heavy (non-hydrogen) atoms. The first kappa shape index (κ1) is 10.7. The van der Waals surface area contributed by atoms with Crippen LogP contribution in [-0.4, -0.2) is 44.0 Å². The topological polar surface area (TPSA) is 29.5 Å². The minimum absolute atomic E-state index is 0.116. The van der Waals surface area contributed by atoms with E-state index in [1.165, 1.54) is 0 Å². The van der Waals surface area contributed by atoms with Crippen molar-refractivity contribution in [2.75, 3.05) is 33.4 Å². The van der Waals surface area contributed by atoms with Gasteiger partial charge in [0.25, 0.3) is 0 Å². The number of carbonyl (C=O) groups is 1. The number of nitrogens with zero attached hydrogens (tertiary/aromatic N) is 1. The fourth-order valence-corrected chi connectivity index (χ4v) is 1.70. The molecule has 0 spiro atoms. The molecule has 1 fully saturated rings. The average Bonchev–Trinajstić information content (AvgIpc) is 2.09. The lowest BCUT2D eigenvalue weighted by atomic mass is 10.0. The molecule has 0 amide bonds. The van der Waals surface area contributed by atoms with E-state index in [1.807, 2.05) is 0 Å². The van der Waals surface area contributed by atoms with E-state index in [4.69, 9.17) is 4.74 Å². The van der Waals surface area contributed by atoms with Crippen molar-refractivity contribution in [2.45, 2.75) is 19.8 Å². The number of ketones is 1. The van der Waals surface area contributed by atoms with E-state index in [1.54, 1.807) is 0 Å². The lowest BCUT2D eigenvalue weighted by Gasteiger charge is -2.25. The second kappa shape index (κ2) is 5.35. The van der Waals surface area contributed by atoms with Crippen molar-refractivity contribution in [3.05, 3.63) is 0 Å². The predicted molar refractivity (Wildman–Crippen MR) is 51.7 cm³/mol. The summed E-state index contributed by atoms with van der Waals surface area (Å²) in [6, 6.07) is 0. The Morgan fingerprint density at radius 2 is 2.38 bits per heavy atom. The zero-order valence-electron chi connectivity index (χ0n) is 8.58. The van der Waals surface area contributed by atoms with Gasteiger partial charge in [0.05, 0.1) is 19.1 Å². The van der Waals surface area contributed by atoms with Crippen LogP contribution in [0.5, 0.6) is 0 Å². The SMILES string of the molecule is CCCN(C)CC1COCCC1=O. The molecular formula is C10H19NO2. The molecule has 1 heterocycles. The Kier molecular flexibility index (Phi) is 4.39. The highest BCUT2D eigenvalue weighted by Gasteiger charge is 2.23. The first-order valence-corrected chi connectivity index (χ1v) is 5.03. The van der Waals surface area contributed by atoms with Crippen molar-refractivity contribution in [1.29, 1.82) is 0 Å². The number of carbonyl (C=O) groups excluding carboxylic acids is 1. The Morgan fingerprint density at radius 3 is 3.00 bits per heavy atom. The number of hydrogen-bond acceptors (Lipinski definition) is 3. The summed E-state index contributed by atoms with van der Waals surface area (Å²) in [6.07, 6.45) is 1.74. The molecule has 0 saturated carbocycles. The zero-order valence-corrected chi connectivity index (χ0v) is 8.58. The fraction of sp³-hybridized carbons (Fsp3) is 0.900. The number of Topliss-reactive ketones (excluding diaryl/α,β-unsaturated/α-hetero) is 1. The van der Waals surface area contributed by atoms with E-state index in [9.17, 15) is 4.79 Å². The van der Waals surface area contributed by atoms with Crippen LogP contribution in [0.3, 0.4) is 0 Å². The third kappa shape index (κ3) is 3.44. The maximum absolute atomic E-state index is 11.4. The molecule has 1 rings (SSSR count).